The molecule has 0 atom stereocenters. The minimum atomic E-state index is 0.152. The Hall–Kier alpha value is -1.55. The van der Waals surface area contributed by atoms with Crippen LogP contribution in [-0.4, -0.2) is 17.6 Å². The highest BCUT2D eigenvalue weighted by molar-refractivity contribution is 5.96. The van der Waals surface area contributed by atoms with Crippen LogP contribution in [0.15, 0.2) is 29.4 Å². The molecule has 4 heteroatoms. The van der Waals surface area contributed by atoms with Crippen LogP contribution in [0.3, 0.4) is 0 Å². The molecule has 20 heavy (non-hydrogen) atoms. The third kappa shape index (κ3) is 3.97. The summed E-state index contributed by atoms with van der Waals surface area (Å²) in [5.74, 6) is 0.152. The highest BCUT2D eigenvalue weighted by Gasteiger charge is 2.25. The minimum absolute atomic E-state index is 0.152. The molecule has 0 aromatic heterocycles. The van der Waals surface area contributed by atoms with Gasteiger partial charge in [0, 0.05) is 18.7 Å². The van der Waals surface area contributed by atoms with E-state index in [9.17, 15) is 0 Å². The highest BCUT2D eigenvalue weighted by atomic mass is 16.4. The van der Waals surface area contributed by atoms with E-state index in [0.717, 1.165) is 18.7 Å². The lowest BCUT2D eigenvalue weighted by atomic mass is 9.76. The van der Waals surface area contributed by atoms with Gasteiger partial charge in [0.25, 0.3) is 0 Å². The van der Waals surface area contributed by atoms with E-state index < -0.39 is 0 Å². The molecule has 0 bridgehead atoms. The van der Waals surface area contributed by atoms with Crippen LogP contribution >= 0.6 is 0 Å². The van der Waals surface area contributed by atoms with Crippen molar-refractivity contribution in [2.45, 2.75) is 45.6 Å². The van der Waals surface area contributed by atoms with E-state index in [4.69, 9.17) is 10.9 Å². The van der Waals surface area contributed by atoms with Crippen LogP contribution < -0.4 is 11.1 Å². The maximum Gasteiger partial charge on any atom is 0.170 e. The number of benzene rings is 1. The summed E-state index contributed by atoms with van der Waals surface area (Å²) in [7, 11) is 0. The Bertz CT molecular complexity index is 447. The van der Waals surface area contributed by atoms with Crippen molar-refractivity contribution in [3.8, 4) is 0 Å². The number of oxime groups is 1. The van der Waals surface area contributed by atoms with Gasteiger partial charge in [-0.25, -0.2) is 0 Å². The predicted octanol–water partition coefficient (Wildman–Crippen LogP) is 2.84. The first-order valence-corrected chi connectivity index (χ1v) is 7.40. The molecule has 1 aromatic carbocycles. The molecule has 0 radical (unpaired) electrons. The fourth-order valence-electron chi connectivity index (χ4n) is 2.94. The number of nitrogens with zero attached hydrogens (tertiary/aromatic N) is 1. The summed E-state index contributed by atoms with van der Waals surface area (Å²) in [5, 5.41) is 15.2. The Balaban J connectivity index is 1.82. The number of hydrogen-bond acceptors (Lipinski definition) is 3. The third-order valence-corrected chi connectivity index (χ3v) is 4.30. The zero-order valence-electron chi connectivity index (χ0n) is 12.2. The summed E-state index contributed by atoms with van der Waals surface area (Å²) in [6.45, 7) is 4.34. The average molecular weight is 275 g/mol. The summed E-state index contributed by atoms with van der Waals surface area (Å²) >= 11 is 0. The first-order valence-electron chi connectivity index (χ1n) is 7.40. The maximum absolute atomic E-state index is 8.62. The summed E-state index contributed by atoms with van der Waals surface area (Å²) < 4.78 is 0. The minimum Gasteiger partial charge on any atom is -0.409 e. The Kier molecular flexibility index (Phi) is 5.01. The average Bonchev–Trinajstić information content (AvgIpc) is 2.48. The number of hydrogen-bond donors (Lipinski definition) is 3. The smallest absolute Gasteiger partial charge is 0.170 e. The molecule has 4 N–H and O–H groups in total. The third-order valence-electron chi connectivity index (χ3n) is 4.30. The Morgan fingerprint density at radius 1 is 1.25 bits per heavy atom. The summed E-state index contributed by atoms with van der Waals surface area (Å²) in [4.78, 5) is 0. The summed E-state index contributed by atoms with van der Waals surface area (Å²) in [6, 6.07) is 7.80. The number of nitrogens with two attached hydrogens (primary N) is 1. The van der Waals surface area contributed by atoms with Gasteiger partial charge >= 0.3 is 0 Å². The second-order valence-corrected chi connectivity index (χ2v) is 6.16. The van der Waals surface area contributed by atoms with Gasteiger partial charge < -0.3 is 16.3 Å². The normalized spacial score (nSPS) is 18.9. The molecular formula is C16H25N3O. The van der Waals surface area contributed by atoms with Crippen molar-refractivity contribution in [2.75, 3.05) is 6.54 Å². The molecule has 1 saturated carbocycles. The van der Waals surface area contributed by atoms with E-state index in [1.807, 2.05) is 24.3 Å². The van der Waals surface area contributed by atoms with Crippen LogP contribution in [0.2, 0.25) is 0 Å². The SMILES string of the molecule is CC1(CNCc2ccc(/C(N)=N/O)cc2)CCCCC1. The molecule has 0 amide bonds. The summed E-state index contributed by atoms with van der Waals surface area (Å²) in [6.07, 6.45) is 6.80. The van der Waals surface area contributed by atoms with Crippen LogP contribution in [0.1, 0.15) is 50.2 Å². The molecule has 0 unspecified atom stereocenters. The largest absolute Gasteiger partial charge is 0.409 e. The van der Waals surface area contributed by atoms with Gasteiger partial charge in [0.1, 0.15) is 0 Å². The summed E-state index contributed by atoms with van der Waals surface area (Å²) in [5.41, 5.74) is 7.98. The molecule has 0 aliphatic heterocycles. The first-order chi connectivity index (χ1) is 9.63. The van der Waals surface area contributed by atoms with Crippen LogP contribution in [0.4, 0.5) is 0 Å². The lowest BCUT2D eigenvalue weighted by Crippen LogP contribution is -2.33. The van der Waals surface area contributed by atoms with Gasteiger partial charge in [-0.3, -0.25) is 0 Å². The molecule has 1 aliphatic carbocycles. The fourth-order valence-corrected chi connectivity index (χ4v) is 2.94. The quantitative estimate of drug-likeness (QED) is 0.335. The van der Waals surface area contributed by atoms with Crippen molar-refractivity contribution in [2.24, 2.45) is 16.3 Å². The van der Waals surface area contributed by atoms with Crippen molar-refractivity contribution in [3.05, 3.63) is 35.4 Å². The second-order valence-electron chi connectivity index (χ2n) is 6.16. The monoisotopic (exact) mass is 275 g/mol. The highest BCUT2D eigenvalue weighted by Crippen LogP contribution is 2.34. The van der Waals surface area contributed by atoms with E-state index in [1.54, 1.807) is 0 Å². The van der Waals surface area contributed by atoms with Gasteiger partial charge in [0.2, 0.25) is 0 Å². The van der Waals surface area contributed by atoms with Gasteiger partial charge in [-0.05, 0) is 23.8 Å². The van der Waals surface area contributed by atoms with Crippen molar-refractivity contribution < 1.29 is 5.21 Å². The van der Waals surface area contributed by atoms with Gasteiger partial charge in [-0.1, -0.05) is 55.6 Å². The van der Waals surface area contributed by atoms with Crippen molar-refractivity contribution in [1.29, 1.82) is 0 Å². The fraction of sp³-hybridized carbons (Fsp3) is 0.562. The lowest BCUT2D eigenvalue weighted by molar-refractivity contribution is 0.207. The molecule has 0 spiro atoms. The lowest BCUT2D eigenvalue weighted by Gasteiger charge is -2.33. The topological polar surface area (TPSA) is 70.6 Å². The van der Waals surface area contributed by atoms with Gasteiger partial charge in [0.15, 0.2) is 5.84 Å². The van der Waals surface area contributed by atoms with Crippen molar-refractivity contribution in [1.82, 2.24) is 5.32 Å². The van der Waals surface area contributed by atoms with E-state index >= 15 is 0 Å². The van der Waals surface area contributed by atoms with Crippen molar-refractivity contribution in [3.63, 3.8) is 0 Å². The van der Waals surface area contributed by atoms with Crippen LogP contribution in [0.25, 0.3) is 0 Å². The van der Waals surface area contributed by atoms with E-state index in [1.165, 1.54) is 37.7 Å². The molecule has 1 aliphatic rings. The number of rotatable bonds is 5. The zero-order chi connectivity index (χ0) is 14.4. The molecule has 110 valence electrons. The second kappa shape index (κ2) is 6.75. The molecule has 1 aromatic rings. The van der Waals surface area contributed by atoms with E-state index in [0.29, 0.717) is 5.41 Å². The van der Waals surface area contributed by atoms with Gasteiger partial charge in [-0.15, -0.1) is 0 Å². The molecule has 0 heterocycles. The predicted molar refractivity (Wildman–Crippen MR) is 81.9 cm³/mol. The Morgan fingerprint density at radius 2 is 1.90 bits per heavy atom. The molecule has 4 nitrogen and oxygen atoms in total. The molecular weight excluding hydrogens is 250 g/mol. The zero-order valence-corrected chi connectivity index (χ0v) is 12.2. The standard InChI is InChI=1S/C16H25N3O/c1-16(9-3-2-4-10-16)12-18-11-13-5-7-14(8-6-13)15(17)19-20/h5-8,18,20H,2-4,9-12H2,1H3,(H2,17,19). The van der Waals surface area contributed by atoms with Crippen LogP contribution in [-0.2, 0) is 6.54 Å². The van der Waals surface area contributed by atoms with Crippen molar-refractivity contribution >= 4 is 5.84 Å². The van der Waals surface area contributed by atoms with Gasteiger partial charge in [-0.2, -0.15) is 0 Å². The van der Waals surface area contributed by atoms with Crippen LogP contribution in [0, 0.1) is 5.41 Å². The van der Waals surface area contributed by atoms with Crippen LogP contribution in [0.5, 0.6) is 0 Å². The molecule has 1 fully saturated rings. The Morgan fingerprint density at radius 3 is 2.50 bits per heavy atom. The van der Waals surface area contributed by atoms with Gasteiger partial charge in [0.05, 0.1) is 0 Å². The first kappa shape index (κ1) is 14.9. The number of nitrogens with one attached hydrogen (secondary N) is 1. The van der Waals surface area contributed by atoms with E-state index in [-0.39, 0.29) is 5.84 Å². The molecule has 0 saturated heterocycles. The maximum atomic E-state index is 8.62. The Labute approximate surface area is 121 Å². The molecule has 2 rings (SSSR count). The van der Waals surface area contributed by atoms with E-state index in [2.05, 4.69) is 17.4 Å². The number of amidine groups is 1.